The van der Waals surface area contributed by atoms with Crippen molar-refractivity contribution in [2.75, 3.05) is 104 Å². The predicted octanol–water partition coefficient (Wildman–Crippen LogP) is 4.44. The molecule has 1 unspecified atom stereocenters. The van der Waals surface area contributed by atoms with E-state index in [-0.39, 0.29) is 67.2 Å². The number of carbonyl (C=O) groups is 5. The number of ether oxygens (including phenoxy) is 4. The fourth-order valence-electron chi connectivity index (χ4n) is 10.7. The number of hydrogen-bond donors (Lipinski definition) is 6. The lowest BCUT2D eigenvalue weighted by Gasteiger charge is -2.36. The minimum absolute atomic E-state index is 0.165. The van der Waals surface area contributed by atoms with Gasteiger partial charge in [0.25, 0.3) is 5.91 Å². The van der Waals surface area contributed by atoms with Crippen LogP contribution in [-0.2, 0) is 51.2 Å². The summed E-state index contributed by atoms with van der Waals surface area (Å²) in [6, 6.07) is 13.4. The SMILES string of the molecule is CC[C@H](NC(=O)[C@H]1C[C@@H](NCCOCCOCCOCCOCCC(=O)NCCn2nc3c(c2C)-c2cnc(N)c(c2)N2CCC[C@@H]2c2cc(F)ccc2C(=O)N(C)C3)CN1C(=O)C(NC(=O)[C@@H](C)NC)C(C)(C)C)c1ccccc1. The molecule has 7 rings (SSSR count). The third-order valence-electron chi connectivity index (χ3n) is 15.3. The van der Waals surface area contributed by atoms with E-state index in [1.807, 2.05) is 75.7 Å². The number of nitrogen functional groups attached to an aromatic ring is 1. The Morgan fingerprint density at radius 2 is 1.60 bits per heavy atom. The van der Waals surface area contributed by atoms with Crippen LogP contribution in [0.4, 0.5) is 15.9 Å². The summed E-state index contributed by atoms with van der Waals surface area (Å²) >= 11 is 0. The second-order valence-electron chi connectivity index (χ2n) is 22.1. The summed E-state index contributed by atoms with van der Waals surface area (Å²) in [5, 5.41) is 20.4. The van der Waals surface area contributed by atoms with E-state index in [4.69, 9.17) is 29.8 Å². The van der Waals surface area contributed by atoms with Crippen LogP contribution in [0, 0.1) is 18.2 Å². The Morgan fingerprint density at radius 3 is 2.28 bits per heavy atom. The lowest BCUT2D eigenvalue weighted by atomic mass is 9.85. The van der Waals surface area contributed by atoms with Crippen LogP contribution in [0.15, 0.2) is 60.8 Å². The summed E-state index contributed by atoms with van der Waals surface area (Å²) < 4.78 is 39.3. The zero-order chi connectivity index (χ0) is 58.2. The molecule has 4 aromatic rings. The number of nitrogens with one attached hydrogen (secondary N) is 5. The van der Waals surface area contributed by atoms with Crippen molar-refractivity contribution in [2.24, 2.45) is 5.41 Å². The molecule has 0 saturated carbocycles. The second-order valence-corrected chi connectivity index (χ2v) is 22.1. The summed E-state index contributed by atoms with van der Waals surface area (Å²) in [5.74, 6) is -1.27. The van der Waals surface area contributed by atoms with Crippen LogP contribution in [0.2, 0.25) is 0 Å². The van der Waals surface area contributed by atoms with Gasteiger partial charge in [-0.1, -0.05) is 58.0 Å². The number of fused-ring (bicyclic) bond motifs is 8. The van der Waals surface area contributed by atoms with Gasteiger partial charge in [0.2, 0.25) is 23.6 Å². The fraction of sp³-hybridized carbons (Fsp3) is 0.576. The molecule has 7 N–H and O–H groups in total. The highest BCUT2D eigenvalue weighted by Crippen LogP contribution is 2.42. The van der Waals surface area contributed by atoms with Crippen LogP contribution < -0.4 is 37.2 Å². The van der Waals surface area contributed by atoms with E-state index >= 15 is 0 Å². The van der Waals surface area contributed by atoms with Gasteiger partial charge in [-0.05, 0) is 87.4 Å². The maximum absolute atomic E-state index is 14.7. The van der Waals surface area contributed by atoms with Gasteiger partial charge in [-0.25, -0.2) is 9.37 Å². The quantitative estimate of drug-likeness (QED) is 0.0452. The van der Waals surface area contributed by atoms with Gasteiger partial charge in [0, 0.05) is 74.3 Å². The minimum atomic E-state index is -0.851. The van der Waals surface area contributed by atoms with Gasteiger partial charge in [-0.3, -0.25) is 28.7 Å². The third-order valence-corrected chi connectivity index (χ3v) is 15.3. The predicted molar refractivity (Wildman–Crippen MR) is 306 cm³/mol. The fourth-order valence-corrected chi connectivity index (χ4v) is 10.7. The van der Waals surface area contributed by atoms with Gasteiger partial charge in [0.15, 0.2) is 0 Å². The first kappa shape index (κ1) is 62.0. The first-order valence-corrected chi connectivity index (χ1v) is 28.5. The van der Waals surface area contributed by atoms with Gasteiger partial charge in [-0.2, -0.15) is 5.10 Å². The maximum atomic E-state index is 14.7. The maximum Gasteiger partial charge on any atom is 0.254 e. The normalized spacial score (nSPS) is 18.3. The largest absolute Gasteiger partial charge is 0.382 e. The summed E-state index contributed by atoms with van der Waals surface area (Å²) in [6.07, 6.45) is 4.56. The van der Waals surface area contributed by atoms with E-state index in [2.05, 4.69) is 36.5 Å². The number of nitrogens with zero attached hydrogens (tertiary/aromatic N) is 6. The molecule has 442 valence electrons. The summed E-state index contributed by atoms with van der Waals surface area (Å²) in [5.41, 5.74) is 11.8. The summed E-state index contributed by atoms with van der Waals surface area (Å²) in [7, 11) is 3.41. The number of amides is 5. The zero-order valence-corrected chi connectivity index (χ0v) is 48.5. The summed E-state index contributed by atoms with van der Waals surface area (Å²) in [4.78, 5) is 78.1. The lowest BCUT2D eigenvalue weighted by Crippen LogP contribution is -2.59. The number of likely N-dealkylation sites (N-methyl/N-ethyl adjacent to an activating group) is 1. The molecule has 0 aliphatic carbocycles. The smallest absolute Gasteiger partial charge is 0.254 e. The highest BCUT2D eigenvalue weighted by atomic mass is 19.1. The van der Waals surface area contributed by atoms with Crippen LogP contribution in [0.3, 0.4) is 0 Å². The van der Waals surface area contributed by atoms with Crippen LogP contribution in [0.1, 0.15) is 112 Å². The number of hydrogen-bond acceptors (Lipinski definition) is 15. The minimum Gasteiger partial charge on any atom is -0.382 e. The zero-order valence-electron chi connectivity index (χ0n) is 48.5. The molecule has 6 atom stereocenters. The van der Waals surface area contributed by atoms with E-state index < -0.39 is 29.4 Å². The molecule has 2 fully saturated rings. The number of nitrogens with two attached hydrogens (primary N) is 1. The van der Waals surface area contributed by atoms with Crippen molar-refractivity contribution < 1.29 is 47.3 Å². The standard InChI is InChI=1S/C59H85FN12O9/c1-9-46(40-14-11-10-12-15-40)66-56(75)50-34-43(36-71(50)58(77)53(59(4,5)6)67-55(74)38(2)62-7)63-21-25-79-27-29-81-31-30-80-28-26-78-24-19-51(73)64-20-23-72-39(3)52-41-32-49(54(61)65-35-41)70-22-13-16-48(70)45-33-42(60)17-18-44(45)57(76)69(8)37-47(52)68-72/h10-12,14-15,17-18,32-33,35,38,43,46,48,50,53,62-63H,9,13,16,19-31,34,36-37H2,1-8H3,(H2,61,65)(H,64,73)(H,66,75)(H,67,74)/t38-,43-,46+,48-,50-,53?/m1/s1. The van der Waals surface area contributed by atoms with E-state index in [0.29, 0.717) is 114 Å². The van der Waals surface area contributed by atoms with Crippen molar-refractivity contribution >= 4 is 41.0 Å². The lowest BCUT2D eigenvalue weighted by molar-refractivity contribution is -0.144. The van der Waals surface area contributed by atoms with Crippen LogP contribution in [0.25, 0.3) is 11.1 Å². The molecule has 5 heterocycles. The monoisotopic (exact) mass is 1120 g/mol. The van der Waals surface area contributed by atoms with E-state index in [0.717, 1.165) is 40.9 Å². The third kappa shape index (κ3) is 16.3. The Hall–Kier alpha value is -6.56. The number of likely N-dealkylation sites (tertiary alicyclic amines) is 1. The average molecular weight is 1130 g/mol. The molecule has 81 heavy (non-hydrogen) atoms. The van der Waals surface area contributed by atoms with Crippen molar-refractivity contribution in [3.05, 3.63) is 94.7 Å². The Kier molecular flexibility index (Phi) is 22.5. The molecule has 0 spiro atoms. The summed E-state index contributed by atoms with van der Waals surface area (Å²) in [6.45, 7) is 16.5. The molecule has 3 aliphatic rings. The molecule has 3 aliphatic heterocycles. The van der Waals surface area contributed by atoms with E-state index in [9.17, 15) is 28.4 Å². The average Bonchev–Trinajstić information content (AvgIpc) is 4.23. The van der Waals surface area contributed by atoms with Gasteiger partial charge in [-0.15, -0.1) is 0 Å². The van der Waals surface area contributed by atoms with Crippen molar-refractivity contribution in [1.29, 1.82) is 0 Å². The Labute approximate surface area is 475 Å². The number of benzene rings is 2. The van der Waals surface area contributed by atoms with Crippen LogP contribution in [0.5, 0.6) is 0 Å². The van der Waals surface area contributed by atoms with Gasteiger partial charge < -0.3 is 66.0 Å². The second kappa shape index (κ2) is 29.4. The number of pyridine rings is 1. The number of rotatable bonds is 27. The highest BCUT2D eigenvalue weighted by molar-refractivity contribution is 5.96. The van der Waals surface area contributed by atoms with Crippen LogP contribution >= 0.6 is 0 Å². The topological polar surface area (TPSA) is 249 Å². The van der Waals surface area contributed by atoms with Crippen molar-refractivity contribution in [3.63, 3.8) is 0 Å². The molecule has 2 aromatic heterocycles. The molecule has 22 heteroatoms. The number of anilines is 2. The molecule has 5 amide bonds. The van der Waals surface area contributed by atoms with Crippen molar-refractivity contribution in [2.45, 2.75) is 123 Å². The molecular weight excluding hydrogens is 1040 g/mol. The number of carbonyl (C=O) groups excluding carboxylic acids is 5. The molecule has 2 bridgehead atoms. The Balaban J connectivity index is 0.774. The Morgan fingerprint density at radius 1 is 0.914 bits per heavy atom. The van der Waals surface area contributed by atoms with E-state index in [1.165, 1.54) is 12.1 Å². The first-order chi connectivity index (χ1) is 38.9. The van der Waals surface area contributed by atoms with Crippen LogP contribution in [-0.4, -0.2) is 171 Å². The van der Waals surface area contributed by atoms with Crippen molar-refractivity contribution in [3.8, 4) is 11.1 Å². The number of aromatic nitrogens is 3. The first-order valence-electron chi connectivity index (χ1n) is 28.5. The molecule has 2 saturated heterocycles. The van der Waals surface area contributed by atoms with Gasteiger partial charge >= 0.3 is 0 Å². The van der Waals surface area contributed by atoms with Crippen molar-refractivity contribution in [1.82, 2.24) is 51.1 Å². The highest BCUT2D eigenvalue weighted by Gasteiger charge is 2.45. The molecule has 21 nitrogen and oxygen atoms in total. The Bertz CT molecular complexity index is 2760. The van der Waals surface area contributed by atoms with Gasteiger partial charge in [0.1, 0.15) is 23.7 Å². The molecule has 0 radical (unpaired) electrons. The van der Waals surface area contributed by atoms with E-state index in [1.54, 1.807) is 43.1 Å². The number of halogens is 1. The van der Waals surface area contributed by atoms with Gasteiger partial charge in [0.05, 0.1) is 95.5 Å². The molecular formula is C59H85FN12O9. The molecule has 2 aromatic carbocycles.